The molecular formula is C12H15N5S. The lowest BCUT2D eigenvalue weighted by atomic mass is 9.91. The quantitative estimate of drug-likeness (QED) is 0.905. The maximum Gasteiger partial charge on any atom is 0.159 e. The van der Waals surface area contributed by atoms with Crippen molar-refractivity contribution in [2.45, 2.75) is 31.3 Å². The van der Waals surface area contributed by atoms with Crippen molar-refractivity contribution >= 4 is 27.5 Å². The largest absolute Gasteiger partial charge is 0.351 e. The summed E-state index contributed by atoms with van der Waals surface area (Å²) in [6.07, 6.45) is 5.72. The zero-order valence-electron chi connectivity index (χ0n) is 10.0. The van der Waals surface area contributed by atoms with Crippen LogP contribution >= 0.6 is 11.3 Å². The highest BCUT2D eigenvalue weighted by molar-refractivity contribution is 7.16. The van der Waals surface area contributed by atoms with Crippen LogP contribution < -0.4 is 10.2 Å². The van der Waals surface area contributed by atoms with Crippen LogP contribution in [0.2, 0.25) is 0 Å². The van der Waals surface area contributed by atoms with E-state index in [0.717, 1.165) is 35.3 Å². The van der Waals surface area contributed by atoms with Crippen molar-refractivity contribution in [1.29, 1.82) is 0 Å². The summed E-state index contributed by atoms with van der Waals surface area (Å²) in [5.41, 5.74) is 2.79. The van der Waals surface area contributed by atoms with Crippen LogP contribution in [-0.2, 0) is 0 Å². The number of rotatable bonds is 3. The van der Waals surface area contributed by atoms with Gasteiger partial charge in [-0.15, -0.1) is 11.3 Å². The fraction of sp³-hybridized carbons (Fsp3) is 0.583. The first-order valence-electron chi connectivity index (χ1n) is 6.45. The summed E-state index contributed by atoms with van der Waals surface area (Å²) >= 11 is 1.57. The Bertz CT molecular complexity index is 558. The Kier molecular flexibility index (Phi) is 2.44. The Labute approximate surface area is 109 Å². The van der Waals surface area contributed by atoms with Gasteiger partial charge in [0.15, 0.2) is 5.82 Å². The van der Waals surface area contributed by atoms with Crippen LogP contribution in [0.3, 0.4) is 0 Å². The summed E-state index contributed by atoms with van der Waals surface area (Å²) in [6.45, 7) is 2.08. The molecule has 94 valence electrons. The third kappa shape index (κ3) is 1.67. The Morgan fingerprint density at radius 3 is 2.83 bits per heavy atom. The molecule has 2 aromatic heterocycles. The lowest BCUT2D eigenvalue weighted by Gasteiger charge is -2.43. The average molecular weight is 261 g/mol. The zero-order valence-corrected chi connectivity index (χ0v) is 10.9. The van der Waals surface area contributed by atoms with Crippen molar-refractivity contribution in [3.63, 3.8) is 0 Å². The molecule has 1 aliphatic heterocycles. The summed E-state index contributed by atoms with van der Waals surface area (Å²) in [5, 5.41) is 3.69. The van der Waals surface area contributed by atoms with Gasteiger partial charge in [0, 0.05) is 25.2 Å². The van der Waals surface area contributed by atoms with Crippen LogP contribution in [0.15, 0.2) is 11.8 Å². The van der Waals surface area contributed by atoms with E-state index in [1.165, 1.54) is 19.3 Å². The van der Waals surface area contributed by atoms with Gasteiger partial charge in [0.2, 0.25) is 0 Å². The first kappa shape index (κ1) is 10.6. The third-order valence-corrected chi connectivity index (χ3v) is 4.61. The smallest absolute Gasteiger partial charge is 0.159 e. The molecule has 1 N–H and O–H groups in total. The number of anilines is 1. The molecule has 1 saturated heterocycles. The Balaban J connectivity index is 1.47. The minimum absolute atomic E-state index is 0.624. The third-order valence-electron chi connectivity index (χ3n) is 3.87. The predicted octanol–water partition coefficient (Wildman–Crippen LogP) is 1.42. The number of nitrogens with zero attached hydrogens (tertiary/aromatic N) is 4. The first-order valence-corrected chi connectivity index (χ1v) is 7.33. The SMILES string of the molecule is c1nc(N2CC(NC3CCC3)C2)c2ncsc2n1. The monoisotopic (exact) mass is 261 g/mol. The molecule has 0 radical (unpaired) electrons. The van der Waals surface area contributed by atoms with Crippen LogP contribution in [0, 0.1) is 0 Å². The molecule has 0 spiro atoms. The van der Waals surface area contributed by atoms with E-state index in [1.807, 2.05) is 5.51 Å². The first-order chi connectivity index (χ1) is 8.90. The van der Waals surface area contributed by atoms with E-state index in [-0.39, 0.29) is 0 Å². The van der Waals surface area contributed by atoms with Crippen LogP contribution in [0.5, 0.6) is 0 Å². The van der Waals surface area contributed by atoms with Gasteiger partial charge in [-0.1, -0.05) is 6.42 Å². The molecule has 0 unspecified atom stereocenters. The standard InChI is InChI=1S/C12H15N5S/c1-2-8(3-1)16-9-4-17(5-9)11-10-12(14-6-13-11)18-7-15-10/h6-9,16H,1-5H2. The molecule has 2 fully saturated rings. The van der Waals surface area contributed by atoms with Crippen LogP contribution in [0.4, 0.5) is 5.82 Å². The van der Waals surface area contributed by atoms with E-state index in [2.05, 4.69) is 25.2 Å². The highest BCUT2D eigenvalue weighted by Gasteiger charge is 2.32. The predicted molar refractivity (Wildman–Crippen MR) is 72.0 cm³/mol. The number of thiazole rings is 1. The molecule has 0 aromatic carbocycles. The highest BCUT2D eigenvalue weighted by Crippen LogP contribution is 2.28. The molecule has 5 nitrogen and oxygen atoms in total. The summed E-state index contributed by atoms with van der Waals surface area (Å²) in [7, 11) is 0. The molecule has 4 rings (SSSR count). The van der Waals surface area contributed by atoms with Crippen molar-refractivity contribution < 1.29 is 0 Å². The van der Waals surface area contributed by atoms with Crippen molar-refractivity contribution in [1.82, 2.24) is 20.3 Å². The van der Waals surface area contributed by atoms with Crippen molar-refractivity contribution in [3.05, 3.63) is 11.8 Å². The average Bonchev–Trinajstić information content (AvgIpc) is 2.73. The molecule has 3 heterocycles. The van der Waals surface area contributed by atoms with Crippen molar-refractivity contribution in [2.75, 3.05) is 18.0 Å². The van der Waals surface area contributed by atoms with Gasteiger partial charge in [0.1, 0.15) is 16.7 Å². The summed E-state index contributed by atoms with van der Waals surface area (Å²) < 4.78 is 0. The number of aromatic nitrogens is 3. The van der Waals surface area contributed by atoms with Gasteiger partial charge >= 0.3 is 0 Å². The van der Waals surface area contributed by atoms with Gasteiger partial charge in [0.05, 0.1) is 5.51 Å². The number of fused-ring (bicyclic) bond motifs is 1. The number of hydrogen-bond donors (Lipinski definition) is 1. The number of hydrogen-bond acceptors (Lipinski definition) is 6. The molecule has 18 heavy (non-hydrogen) atoms. The lowest BCUT2D eigenvalue weighted by Crippen LogP contribution is -2.61. The van der Waals surface area contributed by atoms with E-state index in [0.29, 0.717) is 6.04 Å². The fourth-order valence-corrected chi connectivity index (χ4v) is 3.20. The molecule has 0 amide bonds. The van der Waals surface area contributed by atoms with Crippen molar-refractivity contribution in [3.8, 4) is 0 Å². The molecular weight excluding hydrogens is 246 g/mol. The molecule has 1 saturated carbocycles. The second-order valence-corrected chi connectivity index (χ2v) is 5.93. The summed E-state index contributed by atoms with van der Waals surface area (Å²) in [4.78, 5) is 16.3. The van der Waals surface area contributed by atoms with Crippen LogP contribution in [0.1, 0.15) is 19.3 Å². The van der Waals surface area contributed by atoms with E-state index < -0.39 is 0 Å². The van der Waals surface area contributed by atoms with E-state index in [4.69, 9.17) is 0 Å². The molecule has 0 bridgehead atoms. The second-order valence-electron chi connectivity index (χ2n) is 5.10. The van der Waals surface area contributed by atoms with Gasteiger partial charge < -0.3 is 10.2 Å². The Morgan fingerprint density at radius 2 is 2.06 bits per heavy atom. The molecule has 1 aliphatic carbocycles. The summed E-state index contributed by atoms with van der Waals surface area (Å²) in [5.74, 6) is 0.993. The minimum Gasteiger partial charge on any atom is -0.351 e. The Morgan fingerprint density at radius 1 is 1.17 bits per heavy atom. The fourth-order valence-electron chi connectivity index (χ4n) is 2.58. The van der Waals surface area contributed by atoms with E-state index >= 15 is 0 Å². The van der Waals surface area contributed by atoms with Gasteiger partial charge in [-0.05, 0) is 12.8 Å². The van der Waals surface area contributed by atoms with E-state index in [9.17, 15) is 0 Å². The van der Waals surface area contributed by atoms with Gasteiger partial charge in [-0.25, -0.2) is 15.0 Å². The van der Waals surface area contributed by atoms with E-state index in [1.54, 1.807) is 17.7 Å². The molecule has 2 aliphatic rings. The minimum atomic E-state index is 0.624. The van der Waals surface area contributed by atoms with Crippen LogP contribution in [-0.4, -0.2) is 40.1 Å². The second kappa shape index (κ2) is 4.13. The normalized spacial score (nSPS) is 21.0. The number of nitrogens with one attached hydrogen (secondary N) is 1. The molecule has 6 heteroatoms. The Hall–Kier alpha value is -1.27. The maximum absolute atomic E-state index is 4.38. The highest BCUT2D eigenvalue weighted by atomic mass is 32.1. The zero-order chi connectivity index (χ0) is 11.9. The van der Waals surface area contributed by atoms with Gasteiger partial charge in [-0.2, -0.15) is 0 Å². The summed E-state index contributed by atoms with van der Waals surface area (Å²) in [6, 6.07) is 1.39. The van der Waals surface area contributed by atoms with Crippen LogP contribution in [0.25, 0.3) is 10.3 Å². The lowest BCUT2D eigenvalue weighted by molar-refractivity contribution is 0.278. The maximum atomic E-state index is 4.38. The van der Waals surface area contributed by atoms with Gasteiger partial charge in [0.25, 0.3) is 0 Å². The molecule has 0 atom stereocenters. The topological polar surface area (TPSA) is 53.9 Å². The molecule has 2 aromatic rings. The van der Waals surface area contributed by atoms with Crippen molar-refractivity contribution in [2.24, 2.45) is 0 Å². The van der Waals surface area contributed by atoms with Gasteiger partial charge in [-0.3, -0.25) is 0 Å².